The number of carboxylic acids is 4. The van der Waals surface area contributed by atoms with Crippen LogP contribution in [0.4, 0.5) is 0 Å². The molecule has 1 aliphatic carbocycles. The topological polar surface area (TPSA) is 223 Å². The highest BCUT2D eigenvalue weighted by Gasteiger charge is 2.41. The molecule has 76 heavy (non-hydrogen) atoms. The number of carboxylic acid groups (broad SMARTS) is 4. The fraction of sp³-hybridized carbons (Fsp3) is 0.200. The molecule has 0 radical (unpaired) electrons. The molecule has 4 aliphatic heterocycles. The van der Waals surface area contributed by atoms with Gasteiger partial charge in [0.25, 0.3) is 0 Å². The van der Waals surface area contributed by atoms with E-state index in [0.29, 0.717) is 81.1 Å². The predicted molar refractivity (Wildman–Crippen MR) is 277 cm³/mol. The molecule has 5 aliphatic rings. The molecule has 0 unspecified atom stereocenters. The molecule has 0 saturated carbocycles. The molecule has 16 nitrogen and oxygen atoms in total. The maximum atomic E-state index is 12.0. The summed E-state index contributed by atoms with van der Waals surface area (Å²) in [6.07, 6.45) is 7.85. The van der Waals surface area contributed by atoms with Crippen LogP contribution in [0.1, 0.15) is 69.2 Å². The van der Waals surface area contributed by atoms with Gasteiger partial charge < -0.3 is 58.3 Å². The van der Waals surface area contributed by atoms with E-state index in [2.05, 4.69) is 0 Å². The third-order valence-corrected chi connectivity index (χ3v) is 14.9. The van der Waals surface area contributed by atoms with Gasteiger partial charge in [0.05, 0.1) is 0 Å². The third-order valence-electron chi connectivity index (χ3n) is 14.9. The van der Waals surface area contributed by atoms with Gasteiger partial charge in [0.2, 0.25) is 12.6 Å². The fourth-order valence-electron chi connectivity index (χ4n) is 12.0. The van der Waals surface area contributed by atoms with Crippen LogP contribution in [0.15, 0.2) is 109 Å². The number of hydrogen-bond donors (Lipinski definition) is 4. The van der Waals surface area contributed by atoms with Gasteiger partial charge in [-0.3, -0.25) is 0 Å². The van der Waals surface area contributed by atoms with Crippen molar-refractivity contribution in [2.45, 2.75) is 50.1 Å². The van der Waals surface area contributed by atoms with Crippen molar-refractivity contribution in [2.24, 2.45) is 0 Å². The fourth-order valence-corrected chi connectivity index (χ4v) is 12.0. The van der Waals surface area contributed by atoms with Crippen LogP contribution in [0.3, 0.4) is 0 Å². The average Bonchev–Trinajstić information content (AvgIpc) is 3.53. The lowest BCUT2D eigenvalue weighted by molar-refractivity contribution is -0.140. The van der Waals surface area contributed by atoms with Crippen molar-refractivity contribution in [1.82, 2.24) is 0 Å². The summed E-state index contributed by atoms with van der Waals surface area (Å²) in [6.45, 7) is -2.34. The van der Waals surface area contributed by atoms with Crippen molar-refractivity contribution in [2.75, 3.05) is 26.4 Å². The van der Waals surface area contributed by atoms with Gasteiger partial charge in [0, 0.05) is 69.2 Å². The van der Waals surface area contributed by atoms with Crippen LogP contribution in [-0.4, -0.2) is 83.3 Å². The standard InChI is InChI=1S/C60H44O16/c61-51(62)25-69-43-15-11-37-29-7-19-47-57(37)41-23-55(73-47)75-49-21-9-31-35(45(71-27-53(65)66)17-13-39(31)59(41)49)5-2-6-36-32-10-22-50-60(40(32)14-18-46(36)72-28-54(67)68)42-24-56(76-50)74-48-20-8-30-34(4-1-3-33(29)43)44(70-26-52(63)64)16-12-38(30)58(42)48/h1-3,5,7-22,41-42,55-56H,4,6,23-28H2,(H,61,62)(H,63,64)(H,65,66)(H,67,68)/b3-1+,5-2+. The summed E-state index contributed by atoms with van der Waals surface area (Å²) in [6, 6.07) is 30.0. The predicted octanol–water partition coefficient (Wildman–Crippen LogP) is 10.2. The van der Waals surface area contributed by atoms with Crippen LogP contribution in [0, 0.1) is 0 Å². The Bertz CT molecular complexity index is 3660. The number of aliphatic carboxylic acids is 4. The van der Waals surface area contributed by atoms with Crippen molar-refractivity contribution in [3.05, 3.63) is 154 Å². The molecule has 20 bridgehead atoms. The van der Waals surface area contributed by atoms with Crippen LogP contribution in [-0.2, 0) is 32.0 Å². The Labute approximate surface area is 431 Å². The van der Waals surface area contributed by atoms with Crippen LogP contribution in [0.25, 0.3) is 55.2 Å². The van der Waals surface area contributed by atoms with Crippen molar-refractivity contribution in [3.63, 3.8) is 0 Å². The molecule has 8 aromatic carbocycles. The maximum absolute atomic E-state index is 12.0. The summed E-state index contributed by atoms with van der Waals surface area (Å²) in [5, 5.41) is 45.6. The first-order valence-electron chi connectivity index (χ1n) is 24.7. The van der Waals surface area contributed by atoms with E-state index in [-0.39, 0.29) is 24.7 Å². The molecule has 4 N–H and O–H groups in total. The highest BCUT2D eigenvalue weighted by Crippen LogP contribution is 2.56. The lowest BCUT2D eigenvalue weighted by Crippen LogP contribution is -2.35. The Morgan fingerprint density at radius 1 is 0.382 bits per heavy atom. The van der Waals surface area contributed by atoms with Crippen LogP contribution in [0.5, 0.6) is 46.0 Å². The molecule has 0 amide bonds. The number of allylic oxidation sites excluding steroid dienone is 2. The van der Waals surface area contributed by atoms with E-state index < -0.39 is 62.9 Å². The number of rotatable bonds is 12. The zero-order valence-corrected chi connectivity index (χ0v) is 40.2. The van der Waals surface area contributed by atoms with Gasteiger partial charge in [0.15, 0.2) is 26.4 Å². The highest BCUT2D eigenvalue weighted by atomic mass is 16.7. The summed E-state index contributed by atoms with van der Waals surface area (Å²) in [7, 11) is 0. The van der Waals surface area contributed by atoms with Crippen molar-refractivity contribution in [1.29, 1.82) is 0 Å². The molecule has 0 fully saturated rings. The number of carbonyl (C=O) groups is 4. The molecule has 380 valence electrons. The first-order valence-corrected chi connectivity index (χ1v) is 24.7. The monoisotopic (exact) mass is 1020 g/mol. The molecular formula is C60H44O16. The summed E-state index contributed by atoms with van der Waals surface area (Å²) >= 11 is 0. The van der Waals surface area contributed by atoms with E-state index >= 15 is 0 Å². The average molecular weight is 1020 g/mol. The lowest BCUT2D eigenvalue weighted by atomic mass is 9.78. The van der Waals surface area contributed by atoms with E-state index in [1.807, 2.05) is 97.1 Å². The smallest absolute Gasteiger partial charge is 0.341 e. The summed E-state index contributed by atoms with van der Waals surface area (Å²) in [5.74, 6) is -1.25. The second-order valence-corrected chi connectivity index (χ2v) is 19.2. The van der Waals surface area contributed by atoms with Gasteiger partial charge in [-0.15, -0.1) is 0 Å². The normalized spacial score (nSPS) is 19.1. The highest BCUT2D eigenvalue weighted by molar-refractivity contribution is 6.02. The molecule has 13 rings (SSSR count). The first-order chi connectivity index (χ1) is 36.9. The van der Waals surface area contributed by atoms with Crippen LogP contribution in [0.2, 0.25) is 0 Å². The maximum Gasteiger partial charge on any atom is 0.341 e. The summed E-state index contributed by atoms with van der Waals surface area (Å²) in [5.41, 5.74) is 6.21. The molecule has 0 saturated heterocycles. The van der Waals surface area contributed by atoms with Crippen molar-refractivity contribution in [3.8, 4) is 46.0 Å². The van der Waals surface area contributed by atoms with E-state index in [9.17, 15) is 39.6 Å². The summed E-state index contributed by atoms with van der Waals surface area (Å²) in [4.78, 5) is 47.9. The van der Waals surface area contributed by atoms with E-state index in [1.165, 1.54) is 0 Å². The third kappa shape index (κ3) is 7.83. The molecule has 0 aromatic heterocycles. The van der Waals surface area contributed by atoms with Gasteiger partial charge >= 0.3 is 23.9 Å². The Hall–Kier alpha value is -9.44. The number of fused-ring (bicyclic) bond motifs is 2. The molecule has 4 heterocycles. The number of benzene rings is 8. The Morgan fingerprint density at radius 3 is 1.01 bits per heavy atom. The quantitative estimate of drug-likeness (QED) is 0.0893. The van der Waals surface area contributed by atoms with Crippen LogP contribution < -0.4 is 37.9 Å². The number of ether oxygens (including phenoxy) is 8. The van der Waals surface area contributed by atoms with Gasteiger partial charge in [-0.2, -0.15) is 0 Å². The Morgan fingerprint density at radius 2 is 0.671 bits per heavy atom. The van der Waals surface area contributed by atoms with Gasteiger partial charge in [-0.25, -0.2) is 19.2 Å². The van der Waals surface area contributed by atoms with E-state index in [0.717, 1.165) is 65.3 Å². The van der Waals surface area contributed by atoms with Crippen molar-refractivity contribution < 1.29 is 77.5 Å². The molecular weight excluding hydrogens is 977 g/mol. The molecule has 0 atom stereocenters. The zero-order valence-electron chi connectivity index (χ0n) is 40.2. The molecule has 8 aromatic rings. The van der Waals surface area contributed by atoms with Crippen molar-refractivity contribution >= 4 is 79.1 Å². The minimum absolute atomic E-state index is 0.252. The van der Waals surface area contributed by atoms with Gasteiger partial charge in [-0.05, 0) is 117 Å². The van der Waals surface area contributed by atoms with E-state index in [4.69, 9.17) is 37.9 Å². The van der Waals surface area contributed by atoms with Gasteiger partial charge in [-0.1, -0.05) is 60.7 Å². The lowest BCUT2D eigenvalue weighted by Gasteiger charge is -2.39. The summed E-state index contributed by atoms with van der Waals surface area (Å²) < 4.78 is 50.1. The van der Waals surface area contributed by atoms with E-state index in [1.54, 1.807) is 24.3 Å². The SMILES string of the molecule is O=C(O)COc1ccc2c3c4ccc2c1/C=C/Cc1c(OCC(=O)O)ccc2c5c(ccc12)OC1CC5c2c(ccc5c(c(OCC(=O)O)ccc25)C/C=C/c2c(OCC(=O)O)ccc5c6c(ccc25)OC(CC36)O4)O1. The Balaban J connectivity index is 1.08. The molecule has 16 heteroatoms. The zero-order chi connectivity index (χ0) is 51.9. The second kappa shape index (κ2) is 18.2. The minimum Gasteiger partial charge on any atom is -0.482 e. The molecule has 0 spiro atoms. The largest absolute Gasteiger partial charge is 0.482 e. The number of hydrogen-bond acceptors (Lipinski definition) is 12. The Kier molecular flexibility index (Phi) is 11.1. The first kappa shape index (κ1) is 46.4. The minimum atomic E-state index is -1.15. The van der Waals surface area contributed by atoms with Crippen LogP contribution >= 0.6 is 0 Å². The van der Waals surface area contributed by atoms with Gasteiger partial charge in [0.1, 0.15) is 46.0 Å². The second-order valence-electron chi connectivity index (χ2n) is 19.2.